The van der Waals surface area contributed by atoms with E-state index in [1.807, 2.05) is 76.2 Å². The van der Waals surface area contributed by atoms with Crippen molar-refractivity contribution in [2.24, 2.45) is 0 Å². The standard InChI is InChI=1S/C32H37ClN4O4S/c1-19-12-14-21(15-13-19)16-25(36-29(39)23-10-7-11-24(34)26(23)33)27(38)31(41)37-18-42-32(3,4)28(37)30(40)35-17-22-9-6-5-8-20(22)2/h5-15,25,27-28,38H,16-18,34H2,1-4H3,(H,35,40)(H,36,39)/t25-,27-,28+/m0/s1. The van der Waals surface area contributed by atoms with Gasteiger partial charge in [0.2, 0.25) is 5.91 Å². The van der Waals surface area contributed by atoms with Gasteiger partial charge in [0.15, 0.2) is 6.10 Å². The molecule has 42 heavy (non-hydrogen) atoms. The van der Waals surface area contributed by atoms with Crippen LogP contribution in [0.25, 0.3) is 0 Å². The van der Waals surface area contributed by atoms with Gasteiger partial charge in [-0.05, 0) is 62.9 Å². The van der Waals surface area contributed by atoms with Crippen LogP contribution in [0.4, 0.5) is 5.69 Å². The molecule has 3 atom stereocenters. The zero-order chi connectivity index (χ0) is 30.6. The van der Waals surface area contributed by atoms with E-state index in [1.165, 1.54) is 22.7 Å². The fraction of sp³-hybridized carbons (Fsp3) is 0.344. The third-order valence-corrected chi connectivity index (χ3v) is 9.39. The highest BCUT2D eigenvalue weighted by atomic mass is 35.5. The third kappa shape index (κ3) is 7.09. The molecule has 1 fully saturated rings. The van der Waals surface area contributed by atoms with Crippen molar-refractivity contribution in [3.8, 4) is 0 Å². The normalized spacial score (nSPS) is 17.4. The van der Waals surface area contributed by atoms with Crippen LogP contribution in [0.3, 0.4) is 0 Å². The highest BCUT2D eigenvalue weighted by Gasteiger charge is 2.49. The molecule has 222 valence electrons. The maximum atomic E-state index is 13.9. The van der Waals surface area contributed by atoms with E-state index in [-0.39, 0.29) is 34.5 Å². The Labute approximate surface area is 256 Å². The van der Waals surface area contributed by atoms with Crippen molar-refractivity contribution in [2.45, 2.75) is 63.6 Å². The number of aliphatic hydroxyl groups is 1. The minimum atomic E-state index is -1.63. The number of halogens is 1. The van der Waals surface area contributed by atoms with Crippen LogP contribution in [-0.2, 0) is 22.6 Å². The highest BCUT2D eigenvalue weighted by molar-refractivity contribution is 8.00. The second-order valence-corrected chi connectivity index (χ2v) is 13.1. The van der Waals surface area contributed by atoms with E-state index in [2.05, 4.69) is 10.6 Å². The smallest absolute Gasteiger partial charge is 0.254 e. The summed E-state index contributed by atoms with van der Waals surface area (Å²) in [4.78, 5) is 42.1. The molecule has 1 aliphatic heterocycles. The minimum absolute atomic E-state index is 0.0907. The van der Waals surface area contributed by atoms with Gasteiger partial charge in [-0.25, -0.2) is 0 Å². The molecule has 3 aromatic carbocycles. The molecule has 0 unspecified atom stereocenters. The predicted octanol–water partition coefficient (Wildman–Crippen LogP) is 4.24. The number of benzene rings is 3. The number of carbonyl (C=O) groups is 3. The van der Waals surface area contributed by atoms with Crippen LogP contribution in [0.1, 0.15) is 46.5 Å². The number of hydrogen-bond donors (Lipinski definition) is 4. The Morgan fingerprint density at radius 3 is 2.45 bits per heavy atom. The fourth-order valence-electron chi connectivity index (χ4n) is 5.03. The number of carbonyl (C=O) groups excluding carboxylic acids is 3. The first kappa shape index (κ1) is 31.4. The number of anilines is 1. The minimum Gasteiger partial charge on any atom is -0.398 e. The van der Waals surface area contributed by atoms with E-state index in [1.54, 1.807) is 12.1 Å². The van der Waals surface area contributed by atoms with E-state index in [0.717, 1.165) is 22.3 Å². The average Bonchev–Trinajstić information content (AvgIpc) is 3.28. The van der Waals surface area contributed by atoms with Gasteiger partial charge < -0.3 is 26.4 Å². The van der Waals surface area contributed by atoms with Gasteiger partial charge in [-0.1, -0.05) is 71.8 Å². The zero-order valence-electron chi connectivity index (χ0n) is 24.2. The lowest BCUT2D eigenvalue weighted by Gasteiger charge is -2.33. The van der Waals surface area contributed by atoms with Crippen molar-refractivity contribution in [3.05, 3.63) is 99.6 Å². The van der Waals surface area contributed by atoms with Gasteiger partial charge >= 0.3 is 0 Å². The molecular weight excluding hydrogens is 572 g/mol. The number of thioether (sulfide) groups is 1. The van der Waals surface area contributed by atoms with E-state index in [0.29, 0.717) is 6.54 Å². The van der Waals surface area contributed by atoms with Gasteiger partial charge in [0, 0.05) is 11.3 Å². The van der Waals surface area contributed by atoms with Crippen molar-refractivity contribution in [1.29, 1.82) is 0 Å². The number of nitrogens with two attached hydrogens (primary N) is 1. The predicted molar refractivity (Wildman–Crippen MR) is 168 cm³/mol. The van der Waals surface area contributed by atoms with Gasteiger partial charge in [0.25, 0.3) is 11.8 Å². The molecule has 4 rings (SSSR count). The Hall–Kier alpha value is -3.53. The highest BCUT2D eigenvalue weighted by Crippen LogP contribution is 2.40. The summed E-state index contributed by atoms with van der Waals surface area (Å²) in [5, 5.41) is 17.4. The van der Waals surface area contributed by atoms with Gasteiger partial charge in [0.1, 0.15) is 6.04 Å². The average molecular weight is 609 g/mol. The molecule has 0 aliphatic carbocycles. The lowest BCUT2D eigenvalue weighted by molar-refractivity contribution is -0.147. The molecule has 10 heteroatoms. The lowest BCUT2D eigenvalue weighted by Crippen LogP contribution is -2.58. The van der Waals surface area contributed by atoms with Crippen molar-refractivity contribution < 1.29 is 19.5 Å². The van der Waals surface area contributed by atoms with E-state index in [9.17, 15) is 19.5 Å². The maximum Gasteiger partial charge on any atom is 0.254 e. The van der Waals surface area contributed by atoms with Gasteiger partial charge in [-0.2, -0.15) is 0 Å². The molecule has 1 heterocycles. The first-order chi connectivity index (χ1) is 19.9. The van der Waals surface area contributed by atoms with Crippen LogP contribution in [0.5, 0.6) is 0 Å². The molecule has 0 aromatic heterocycles. The monoisotopic (exact) mass is 608 g/mol. The summed E-state index contributed by atoms with van der Waals surface area (Å²) in [5.41, 5.74) is 10.2. The molecule has 1 aliphatic rings. The number of amides is 3. The zero-order valence-corrected chi connectivity index (χ0v) is 25.8. The van der Waals surface area contributed by atoms with Crippen molar-refractivity contribution in [3.63, 3.8) is 0 Å². The molecular formula is C32H37ClN4O4S. The van der Waals surface area contributed by atoms with E-state index < -0.39 is 34.7 Å². The molecule has 3 aromatic rings. The summed E-state index contributed by atoms with van der Waals surface area (Å²) in [7, 11) is 0. The molecule has 0 saturated carbocycles. The Balaban J connectivity index is 1.57. The second-order valence-electron chi connectivity index (χ2n) is 11.2. The fourth-order valence-corrected chi connectivity index (χ4v) is 6.39. The molecule has 8 nitrogen and oxygen atoms in total. The number of nitrogen functional groups attached to an aromatic ring is 1. The van der Waals surface area contributed by atoms with Crippen LogP contribution in [0, 0.1) is 13.8 Å². The van der Waals surface area contributed by atoms with E-state index in [4.69, 9.17) is 17.3 Å². The number of rotatable bonds is 9. The summed E-state index contributed by atoms with van der Waals surface area (Å²) in [5.74, 6) is -1.29. The first-order valence-corrected chi connectivity index (χ1v) is 15.1. The topological polar surface area (TPSA) is 125 Å². The van der Waals surface area contributed by atoms with Gasteiger partial charge in [-0.15, -0.1) is 11.8 Å². The quantitative estimate of drug-likeness (QED) is 0.269. The largest absolute Gasteiger partial charge is 0.398 e. The van der Waals surface area contributed by atoms with Crippen molar-refractivity contribution >= 4 is 46.8 Å². The maximum absolute atomic E-state index is 13.9. The third-order valence-electron chi connectivity index (χ3n) is 7.59. The van der Waals surface area contributed by atoms with Crippen LogP contribution in [0.2, 0.25) is 5.02 Å². The molecule has 0 bridgehead atoms. The summed E-state index contributed by atoms with van der Waals surface area (Å²) >= 11 is 7.75. The summed E-state index contributed by atoms with van der Waals surface area (Å²) < 4.78 is -0.601. The SMILES string of the molecule is Cc1ccc(C[C@H](NC(=O)c2cccc(N)c2Cl)[C@H](O)C(=O)N2CSC(C)(C)[C@H]2C(=O)NCc2ccccc2C)cc1. The Kier molecular flexibility index (Phi) is 9.86. The number of nitrogens with zero attached hydrogens (tertiary/aromatic N) is 1. The molecule has 0 radical (unpaired) electrons. The Morgan fingerprint density at radius 1 is 1.07 bits per heavy atom. The van der Waals surface area contributed by atoms with Crippen LogP contribution in [0.15, 0.2) is 66.7 Å². The van der Waals surface area contributed by atoms with Crippen molar-refractivity contribution in [2.75, 3.05) is 11.6 Å². The van der Waals surface area contributed by atoms with Crippen LogP contribution >= 0.6 is 23.4 Å². The summed E-state index contributed by atoms with van der Waals surface area (Å²) in [6.45, 7) is 8.06. The Morgan fingerprint density at radius 2 is 1.76 bits per heavy atom. The number of aryl methyl sites for hydroxylation is 2. The number of aliphatic hydroxyl groups excluding tert-OH is 1. The van der Waals surface area contributed by atoms with Crippen LogP contribution in [-0.4, -0.2) is 56.5 Å². The second kappa shape index (κ2) is 13.2. The van der Waals surface area contributed by atoms with Gasteiger partial charge in [0.05, 0.1) is 28.2 Å². The number of nitrogens with one attached hydrogen (secondary N) is 2. The molecule has 1 saturated heterocycles. The molecule has 5 N–H and O–H groups in total. The van der Waals surface area contributed by atoms with Crippen LogP contribution < -0.4 is 16.4 Å². The number of hydrogen-bond acceptors (Lipinski definition) is 6. The first-order valence-electron chi connectivity index (χ1n) is 13.7. The van der Waals surface area contributed by atoms with E-state index >= 15 is 0 Å². The summed E-state index contributed by atoms with van der Waals surface area (Å²) in [6, 6.07) is 18.3. The van der Waals surface area contributed by atoms with Crippen molar-refractivity contribution in [1.82, 2.24) is 15.5 Å². The van der Waals surface area contributed by atoms with Gasteiger partial charge in [-0.3, -0.25) is 14.4 Å². The Bertz CT molecular complexity index is 1460. The molecule has 0 spiro atoms. The lowest BCUT2D eigenvalue weighted by atomic mass is 9.96. The molecule has 3 amide bonds. The summed E-state index contributed by atoms with van der Waals surface area (Å²) in [6.07, 6.45) is -1.45.